The Hall–Kier alpha value is -1.75. The lowest BCUT2D eigenvalue weighted by atomic mass is 9.92. The van der Waals surface area contributed by atoms with Gasteiger partial charge in [0.2, 0.25) is 5.91 Å². The first-order valence-corrected chi connectivity index (χ1v) is 5.68. The fraction of sp³-hybridized carbons (Fsp3) is 0.385. The number of benzene rings is 1. The monoisotopic (exact) mass is 285 g/mol. The van der Waals surface area contributed by atoms with Crippen LogP contribution in [0.2, 0.25) is 0 Å². The van der Waals surface area contributed by atoms with Crippen LogP contribution in [0.3, 0.4) is 0 Å². The highest BCUT2D eigenvalue weighted by atomic mass is 35.5. The summed E-state index contributed by atoms with van der Waals surface area (Å²) in [6.45, 7) is 5.38. The van der Waals surface area contributed by atoms with Gasteiger partial charge in [0.25, 0.3) is 5.91 Å². The lowest BCUT2D eigenvalue weighted by Crippen LogP contribution is -2.42. The van der Waals surface area contributed by atoms with E-state index in [0.717, 1.165) is 5.56 Å². The average molecular weight is 286 g/mol. The molecule has 0 radical (unpaired) electrons. The van der Waals surface area contributed by atoms with Crippen LogP contribution < -0.4 is 16.8 Å². The number of aryl methyl sites for hydroxylation is 1. The van der Waals surface area contributed by atoms with Crippen molar-refractivity contribution in [2.45, 2.75) is 20.8 Å². The van der Waals surface area contributed by atoms with Gasteiger partial charge >= 0.3 is 0 Å². The minimum atomic E-state index is -0.774. The molecule has 0 saturated heterocycles. The summed E-state index contributed by atoms with van der Waals surface area (Å²) in [6, 6.07) is 5.13. The van der Waals surface area contributed by atoms with Gasteiger partial charge in [0.15, 0.2) is 0 Å². The Morgan fingerprint density at radius 3 is 2.42 bits per heavy atom. The summed E-state index contributed by atoms with van der Waals surface area (Å²) in [4.78, 5) is 23.1. The van der Waals surface area contributed by atoms with Crippen molar-refractivity contribution >= 4 is 29.9 Å². The smallest absolute Gasteiger partial charge is 0.251 e. The van der Waals surface area contributed by atoms with Crippen molar-refractivity contribution in [3.8, 4) is 0 Å². The second kappa shape index (κ2) is 6.43. The second-order valence-electron chi connectivity index (χ2n) is 5.01. The molecule has 0 aliphatic rings. The number of anilines is 1. The summed E-state index contributed by atoms with van der Waals surface area (Å²) in [5.41, 5.74) is 12.0. The third-order valence-corrected chi connectivity index (χ3v) is 2.86. The maximum Gasteiger partial charge on any atom is 0.251 e. The molecule has 0 aliphatic heterocycles. The van der Waals surface area contributed by atoms with Crippen LogP contribution in [-0.2, 0) is 4.79 Å². The largest absolute Gasteiger partial charge is 0.399 e. The number of hydrogen-bond acceptors (Lipinski definition) is 3. The predicted octanol–water partition coefficient (Wildman–Crippen LogP) is 1.24. The number of nitrogens with one attached hydrogen (secondary N) is 1. The first-order chi connectivity index (χ1) is 8.24. The van der Waals surface area contributed by atoms with E-state index in [1.165, 1.54) is 0 Å². The maximum absolute atomic E-state index is 12.0. The van der Waals surface area contributed by atoms with Crippen molar-refractivity contribution in [2.24, 2.45) is 11.1 Å². The lowest BCUT2D eigenvalue weighted by molar-refractivity contribution is -0.125. The van der Waals surface area contributed by atoms with Crippen molar-refractivity contribution < 1.29 is 9.59 Å². The third-order valence-electron chi connectivity index (χ3n) is 2.86. The Morgan fingerprint density at radius 2 is 1.89 bits per heavy atom. The van der Waals surface area contributed by atoms with Gasteiger partial charge in [-0.2, -0.15) is 0 Å². The molecule has 5 N–H and O–H groups in total. The van der Waals surface area contributed by atoms with Crippen LogP contribution in [-0.4, -0.2) is 18.4 Å². The average Bonchev–Trinajstić information content (AvgIpc) is 2.29. The molecule has 6 heteroatoms. The van der Waals surface area contributed by atoms with Crippen molar-refractivity contribution in [1.82, 2.24) is 5.32 Å². The number of carbonyl (C=O) groups is 2. The first kappa shape index (κ1) is 17.2. The Labute approximate surface area is 119 Å². The van der Waals surface area contributed by atoms with Crippen LogP contribution in [0.25, 0.3) is 0 Å². The third kappa shape index (κ3) is 4.44. The number of carbonyl (C=O) groups excluding carboxylic acids is 2. The number of amides is 2. The molecule has 19 heavy (non-hydrogen) atoms. The highest BCUT2D eigenvalue weighted by Gasteiger charge is 2.25. The van der Waals surface area contributed by atoms with Crippen molar-refractivity contribution in [3.05, 3.63) is 29.3 Å². The van der Waals surface area contributed by atoms with Crippen LogP contribution in [0.15, 0.2) is 18.2 Å². The van der Waals surface area contributed by atoms with E-state index < -0.39 is 11.3 Å². The summed E-state index contributed by atoms with van der Waals surface area (Å²) in [5, 5.41) is 2.69. The molecule has 0 atom stereocenters. The Balaban J connectivity index is 0.00000324. The van der Waals surface area contributed by atoms with Gasteiger partial charge in [-0.3, -0.25) is 9.59 Å². The van der Waals surface area contributed by atoms with E-state index >= 15 is 0 Å². The molecule has 5 nitrogen and oxygen atoms in total. The number of rotatable bonds is 4. The normalized spacial score (nSPS) is 10.5. The highest BCUT2D eigenvalue weighted by Crippen LogP contribution is 2.15. The molecule has 0 aliphatic carbocycles. The van der Waals surface area contributed by atoms with Crippen LogP contribution in [0.5, 0.6) is 0 Å². The summed E-state index contributed by atoms with van der Waals surface area (Å²) in [7, 11) is 0. The molecule has 1 aromatic rings. The molecule has 0 saturated carbocycles. The zero-order chi connectivity index (χ0) is 13.9. The summed E-state index contributed by atoms with van der Waals surface area (Å²) < 4.78 is 0. The van der Waals surface area contributed by atoms with Crippen LogP contribution in [0.1, 0.15) is 29.8 Å². The van der Waals surface area contributed by atoms with Gasteiger partial charge in [0, 0.05) is 17.8 Å². The van der Waals surface area contributed by atoms with Gasteiger partial charge in [0.05, 0.1) is 5.41 Å². The molecule has 1 rings (SSSR count). The molecule has 106 valence electrons. The van der Waals surface area contributed by atoms with Crippen LogP contribution in [0.4, 0.5) is 5.69 Å². The Bertz CT molecular complexity index is 487. The number of nitrogens with two attached hydrogens (primary N) is 2. The summed E-state index contributed by atoms with van der Waals surface area (Å²) in [6.07, 6.45) is 0. The van der Waals surface area contributed by atoms with E-state index in [4.69, 9.17) is 11.5 Å². The molecule has 0 bridgehead atoms. The quantitative estimate of drug-likeness (QED) is 0.726. The van der Waals surface area contributed by atoms with Gasteiger partial charge < -0.3 is 16.8 Å². The molecule has 0 spiro atoms. The van der Waals surface area contributed by atoms with E-state index in [2.05, 4.69) is 5.32 Å². The number of primary amides is 1. The first-order valence-electron chi connectivity index (χ1n) is 5.68. The summed E-state index contributed by atoms with van der Waals surface area (Å²) >= 11 is 0. The molecular weight excluding hydrogens is 266 g/mol. The molecule has 1 aromatic carbocycles. The molecule has 0 heterocycles. The number of hydrogen-bond donors (Lipinski definition) is 3. The Morgan fingerprint density at radius 1 is 1.32 bits per heavy atom. The van der Waals surface area contributed by atoms with Gasteiger partial charge in [-0.25, -0.2) is 0 Å². The maximum atomic E-state index is 12.0. The topological polar surface area (TPSA) is 98.2 Å². The minimum absolute atomic E-state index is 0. The van der Waals surface area contributed by atoms with E-state index in [1.807, 2.05) is 6.92 Å². The van der Waals surface area contributed by atoms with Gasteiger partial charge in [-0.1, -0.05) is 6.07 Å². The fourth-order valence-corrected chi connectivity index (χ4v) is 1.37. The van der Waals surface area contributed by atoms with E-state index in [0.29, 0.717) is 11.3 Å². The standard InChI is InChI=1S/C13H19N3O2.ClH/c1-8-4-5-9(14)6-10(8)11(17)16-7-13(2,3)12(15)18;/h4-6H,7,14H2,1-3H3,(H2,15,18)(H,16,17);1H. The van der Waals surface area contributed by atoms with Crippen LogP contribution >= 0.6 is 12.4 Å². The van der Waals surface area contributed by atoms with Crippen molar-refractivity contribution in [2.75, 3.05) is 12.3 Å². The zero-order valence-corrected chi connectivity index (χ0v) is 12.1. The SMILES string of the molecule is Cc1ccc(N)cc1C(=O)NCC(C)(C)C(N)=O.Cl. The van der Waals surface area contributed by atoms with E-state index in [9.17, 15) is 9.59 Å². The molecule has 2 amide bonds. The molecular formula is C13H20ClN3O2. The zero-order valence-electron chi connectivity index (χ0n) is 11.3. The lowest BCUT2D eigenvalue weighted by Gasteiger charge is -2.21. The van der Waals surface area contributed by atoms with E-state index in [-0.39, 0.29) is 24.9 Å². The number of nitrogen functional groups attached to an aromatic ring is 1. The van der Waals surface area contributed by atoms with Gasteiger partial charge in [0.1, 0.15) is 0 Å². The minimum Gasteiger partial charge on any atom is -0.399 e. The Kier molecular flexibility index (Phi) is 5.83. The molecule has 0 aromatic heterocycles. The highest BCUT2D eigenvalue weighted by molar-refractivity contribution is 5.96. The van der Waals surface area contributed by atoms with Gasteiger partial charge in [-0.05, 0) is 38.5 Å². The van der Waals surface area contributed by atoms with Gasteiger partial charge in [-0.15, -0.1) is 12.4 Å². The fourth-order valence-electron chi connectivity index (χ4n) is 1.37. The van der Waals surface area contributed by atoms with Crippen molar-refractivity contribution in [3.63, 3.8) is 0 Å². The van der Waals surface area contributed by atoms with E-state index in [1.54, 1.807) is 32.0 Å². The second-order valence-corrected chi connectivity index (χ2v) is 5.01. The molecule has 0 unspecified atom stereocenters. The summed E-state index contributed by atoms with van der Waals surface area (Å²) in [5.74, 6) is -0.707. The van der Waals surface area contributed by atoms with Crippen molar-refractivity contribution in [1.29, 1.82) is 0 Å². The van der Waals surface area contributed by atoms with Crippen LogP contribution in [0, 0.1) is 12.3 Å². The predicted molar refractivity (Wildman–Crippen MR) is 78.1 cm³/mol. The number of halogens is 1. The molecule has 0 fully saturated rings.